The highest BCUT2D eigenvalue weighted by Gasteiger charge is 2.19. The molecule has 4 aromatic rings. The molecule has 3 aromatic carbocycles. The number of carbonyl (C=O) groups excluding carboxylic acids is 1. The lowest BCUT2D eigenvalue weighted by Gasteiger charge is -2.14. The van der Waals surface area contributed by atoms with Crippen molar-refractivity contribution in [2.24, 2.45) is 0 Å². The maximum absolute atomic E-state index is 13.2. The van der Waals surface area contributed by atoms with Crippen LogP contribution in [0.2, 0.25) is 0 Å². The van der Waals surface area contributed by atoms with Crippen LogP contribution in [-0.2, 0) is 16.6 Å². The van der Waals surface area contributed by atoms with E-state index in [9.17, 15) is 13.2 Å². The van der Waals surface area contributed by atoms with Gasteiger partial charge < -0.3 is 5.32 Å². The number of benzene rings is 3. The normalized spacial score (nSPS) is 11.4. The van der Waals surface area contributed by atoms with Crippen LogP contribution in [0.25, 0.3) is 5.69 Å². The molecule has 0 spiro atoms. The van der Waals surface area contributed by atoms with E-state index in [-0.39, 0.29) is 17.0 Å². The average Bonchev–Trinajstić information content (AvgIpc) is 3.16. The van der Waals surface area contributed by atoms with Gasteiger partial charge in [0.05, 0.1) is 22.0 Å². The van der Waals surface area contributed by atoms with Crippen LogP contribution in [0.15, 0.2) is 83.8 Å². The molecule has 174 valence electrons. The number of rotatable bonds is 7. The third kappa shape index (κ3) is 5.08. The third-order valence-corrected chi connectivity index (χ3v) is 6.86. The first-order valence-electron chi connectivity index (χ1n) is 10.8. The summed E-state index contributed by atoms with van der Waals surface area (Å²) in [5.74, 6) is -0.397. The minimum absolute atomic E-state index is 0.0333. The van der Waals surface area contributed by atoms with Gasteiger partial charge in [-0.1, -0.05) is 48.5 Å². The first kappa shape index (κ1) is 23.4. The van der Waals surface area contributed by atoms with Crippen molar-refractivity contribution < 1.29 is 13.2 Å². The fourth-order valence-corrected chi connectivity index (χ4v) is 4.74. The van der Waals surface area contributed by atoms with Crippen molar-refractivity contribution in [1.82, 2.24) is 14.5 Å². The summed E-state index contributed by atoms with van der Waals surface area (Å²) in [6, 6.07) is 23.1. The molecule has 0 unspecified atom stereocenters. The van der Waals surface area contributed by atoms with Gasteiger partial charge in [0.1, 0.15) is 0 Å². The maximum atomic E-state index is 13.2. The Morgan fingerprint density at radius 1 is 0.912 bits per heavy atom. The van der Waals surface area contributed by atoms with Gasteiger partial charge in [0.2, 0.25) is 10.0 Å². The fourth-order valence-electron chi connectivity index (χ4n) is 3.70. The number of sulfonamides is 1. The topological polar surface area (TPSA) is 93.1 Å². The molecule has 1 aromatic heterocycles. The summed E-state index contributed by atoms with van der Waals surface area (Å²) in [6.07, 6.45) is 0. The Morgan fingerprint density at radius 3 is 2.32 bits per heavy atom. The van der Waals surface area contributed by atoms with Gasteiger partial charge >= 0.3 is 0 Å². The fraction of sp³-hybridized carbons (Fsp3) is 0.154. The smallest absolute Gasteiger partial charge is 0.256 e. The third-order valence-electron chi connectivity index (χ3n) is 5.46. The largest absolute Gasteiger partial charge is 0.320 e. The summed E-state index contributed by atoms with van der Waals surface area (Å²) in [5, 5.41) is 7.43. The van der Waals surface area contributed by atoms with Crippen molar-refractivity contribution in [3.05, 3.63) is 107 Å². The number of amides is 1. The highest BCUT2D eigenvalue weighted by Crippen LogP contribution is 2.24. The SMILES string of the molecule is Cc1cc(C)n(-c2ccccc2NC(=O)c2cc(S(=O)(=O)NCc3ccccc3)ccc2C)n1. The molecule has 0 aliphatic carbocycles. The highest BCUT2D eigenvalue weighted by molar-refractivity contribution is 7.89. The molecule has 0 aliphatic rings. The number of hydrogen-bond acceptors (Lipinski definition) is 4. The van der Waals surface area contributed by atoms with Crippen LogP contribution in [0.1, 0.15) is 32.9 Å². The van der Waals surface area contributed by atoms with E-state index in [1.54, 1.807) is 23.7 Å². The quantitative estimate of drug-likeness (QED) is 0.412. The minimum Gasteiger partial charge on any atom is -0.320 e. The maximum Gasteiger partial charge on any atom is 0.256 e. The standard InChI is InChI=1S/C26H26N4O3S/c1-18-13-14-22(34(32,33)27-17-21-9-5-4-6-10-21)16-23(18)26(31)28-24-11-7-8-12-25(24)30-20(3)15-19(2)29-30/h4-16,27H,17H2,1-3H3,(H,28,31). The van der Waals surface area contributed by atoms with Gasteiger partial charge in [0, 0.05) is 17.8 Å². The molecule has 0 aliphatic heterocycles. The zero-order valence-corrected chi connectivity index (χ0v) is 20.1. The Bertz CT molecular complexity index is 1440. The second kappa shape index (κ2) is 9.62. The van der Waals surface area contributed by atoms with Gasteiger partial charge in [0.25, 0.3) is 5.91 Å². The summed E-state index contributed by atoms with van der Waals surface area (Å²) in [5.41, 5.74) is 4.91. The number of hydrogen-bond donors (Lipinski definition) is 2. The zero-order chi connectivity index (χ0) is 24.3. The molecule has 2 N–H and O–H groups in total. The van der Waals surface area contributed by atoms with Crippen molar-refractivity contribution in [2.45, 2.75) is 32.2 Å². The second-order valence-corrected chi connectivity index (χ2v) is 9.86. The van der Waals surface area contributed by atoms with Gasteiger partial charge in [-0.15, -0.1) is 0 Å². The Labute approximate surface area is 199 Å². The van der Waals surface area contributed by atoms with E-state index in [2.05, 4.69) is 15.1 Å². The molecule has 0 bridgehead atoms. The molecule has 4 rings (SSSR count). The molecule has 0 fully saturated rings. The van der Waals surface area contributed by atoms with Crippen LogP contribution in [0.5, 0.6) is 0 Å². The van der Waals surface area contributed by atoms with Crippen molar-refractivity contribution in [3.8, 4) is 5.69 Å². The van der Waals surface area contributed by atoms with E-state index in [0.717, 1.165) is 22.6 Å². The van der Waals surface area contributed by atoms with E-state index in [1.807, 2.05) is 68.4 Å². The van der Waals surface area contributed by atoms with E-state index in [0.29, 0.717) is 11.3 Å². The Kier molecular flexibility index (Phi) is 6.63. The lowest BCUT2D eigenvalue weighted by atomic mass is 10.1. The predicted molar refractivity (Wildman–Crippen MR) is 133 cm³/mol. The van der Waals surface area contributed by atoms with Crippen LogP contribution >= 0.6 is 0 Å². The minimum atomic E-state index is -3.80. The molecule has 7 nitrogen and oxygen atoms in total. The Morgan fingerprint density at radius 2 is 1.62 bits per heavy atom. The van der Waals surface area contributed by atoms with Crippen molar-refractivity contribution in [1.29, 1.82) is 0 Å². The molecule has 1 amide bonds. The predicted octanol–water partition coefficient (Wildman–Crippen LogP) is 4.53. The number of aryl methyl sites for hydroxylation is 3. The molecule has 0 atom stereocenters. The molecular weight excluding hydrogens is 448 g/mol. The summed E-state index contributed by atoms with van der Waals surface area (Å²) in [4.78, 5) is 13.2. The van der Waals surface area contributed by atoms with E-state index >= 15 is 0 Å². The molecule has 34 heavy (non-hydrogen) atoms. The molecule has 0 saturated heterocycles. The summed E-state index contributed by atoms with van der Waals surface area (Å²) < 4.78 is 30.1. The number of para-hydroxylation sites is 2. The number of nitrogens with zero attached hydrogens (tertiary/aromatic N) is 2. The molecular formula is C26H26N4O3S. The lowest BCUT2D eigenvalue weighted by molar-refractivity contribution is 0.102. The van der Waals surface area contributed by atoms with Gasteiger partial charge in [0.15, 0.2) is 0 Å². The Balaban J connectivity index is 1.59. The van der Waals surface area contributed by atoms with Crippen LogP contribution in [0, 0.1) is 20.8 Å². The van der Waals surface area contributed by atoms with Gasteiger partial charge in [-0.3, -0.25) is 4.79 Å². The van der Waals surface area contributed by atoms with Crippen LogP contribution in [0.3, 0.4) is 0 Å². The van der Waals surface area contributed by atoms with E-state index in [1.165, 1.54) is 12.1 Å². The van der Waals surface area contributed by atoms with Crippen LogP contribution in [0.4, 0.5) is 5.69 Å². The van der Waals surface area contributed by atoms with Gasteiger partial charge in [-0.25, -0.2) is 17.8 Å². The second-order valence-electron chi connectivity index (χ2n) is 8.10. The van der Waals surface area contributed by atoms with Gasteiger partial charge in [-0.2, -0.15) is 5.10 Å². The Hall–Kier alpha value is -3.75. The van der Waals surface area contributed by atoms with Crippen molar-refractivity contribution >= 4 is 21.6 Å². The van der Waals surface area contributed by atoms with Crippen LogP contribution < -0.4 is 10.0 Å². The first-order valence-corrected chi connectivity index (χ1v) is 12.3. The molecule has 0 radical (unpaired) electrons. The van der Waals surface area contributed by atoms with Crippen LogP contribution in [-0.4, -0.2) is 24.1 Å². The molecule has 0 saturated carbocycles. The van der Waals surface area contributed by atoms with Crippen molar-refractivity contribution in [2.75, 3.05) is 5.32 Å². The molecule has 1 heterocycles. The highest BCUT2D eigenvalue weighted by atomic mass is 32.2. The first-order chi connectivity index (χ1) is 16.2. The van der Waals surface area contributed by atoms with Crippen molar-refractivity contribution in [3.63, 3.8) is 0 Å². The average molecular weight is 475 g/mol. The number of nitrogens with one attached hydrogen (secondary N) is 2. The monoisotopic (exact) mass is 474 g/mol. The summed E-state index contributed by atoms with van der Waals surface area (Å²) >= 11 is 0. The van der Waals surface area contributed by atoms with E-state index < -0.39 is 15.9 Å². The summed E-state index contributed by atoms with van der Waals surface area (Å²) in [7, 11) is -3.80. The number of anilines is 1. The lowest BCUT2D eigenvalue weighted by Crippen LogP contribution is -2.24. The summed E-state index contributed by atoms with van der Waals surface area (Å²) in [6.45, 7) is 5.79. The number of carbonyl (C=O) groups is 1. The number of aromatic nitrogens is 2. The van der Waals surface area contributed by atoms with E-state index in [4.69, 9.17) is 0 Å². The zero-order valence-electron chi connectivity index (χ0n) is 19.2. The van der Waals surface area contributed by atoms with Gasteiger partial charge in [-0.05, 0) is 62.2 Å². The molecule has 8 heteroatoms.